The minimum atomic E-state index is -0.734. The van der Waals surface area contributed by atoms with Gasteiger partial charge in [-0.3, -0.25) is 9.59 Å². The maximum absolute atomic E-state index is 12.3. The Kier molecular flexibility index (Phi) is 25.4. The number of carboxylic acids is 1. The van der Waals surface area contributed by atoms with Crippen molar-refractivity contribution in [2.45, 2.75) is 129 Å². The number of aliphatic carboxylic acids is 1. The fraction of sp³-hybridized carbons (Fsp3) is 0.625. The fourth-order valence-corrected chi connectivity index (χ4v) is 3.60. The zero-order valence-electron chi connectivity index (χ0n) is 23.0. The van der Waals surface area contributed by atoms with Crippen LogP contribution >= 0.6 is 0 Å². The van der Waals surface area contributed by atoms with Gasteiger partial charge >= 0.3 is 11.9 Å². The van der Waals surface area contributed by atoms with Crippen LogP contribution in [-0.2, 0) is 14.3 Å². The smallest absolute Gasteiger partial charge is 0.306 e. The molecule has 0 aliphatic heterocycles. The largest absolute Gasteiger partial charge is 0.481 e. The van der Waals surface area contributed by atoms with Crippen molar-refractivity contribution in [3.8, 4) is 0 Å². The molecule has 0 aromatic heterocycles. The zero-order valence-corrected chi connectivity index (χ0v) is 23.0. The number of allylic oxidation sites excluding steroid dienone is 9. The van der Waals surface area contributed by atoms with Crippen molar-refractivity contribution in [3.63, 3.8) is 0 Å². The topological polar surface area (TPSA) is 63.6 Å². The van der Waals surface area contributed by atoms with Gasteiger partial charge in [-0.1, -0.05) is 94.2 Å². The van der Waals surface area contributed by atoms with Crippen LogP contribution in [0.4, 0.5) is 0 Å². The van der Waals surface area contributed by atoms with Crippen molar-refractivity contribution in [1.82, 2.24) is 0 Å². The SMILES string of the molecule is CC/C=C\C/C=C\C/C=C\C/C=C\CCCCC(=O)OC(/C=C\CCCC)CCCCCCC(=O)O. The van der Waals surface area contributed by atoms with E-state index in [4.69, 9.17) is 9.84 Å². The predicted molar refractivity (Wildman–Crippen MR) is 153 cm³/mol. The highest BCUT2D eigenvalue weighted by Gasteiger charge is 2.11. The molecule has 0 saturated carbocycles. The molecule has 0 spiro atoms. The van der Waals surface area contributed by atoms with Crippen molar-refractivity contribution in [2.24, 2.45) is 0 Å². The maximum atomic E-state index is 12.3. The molecule has 0 amide bonds. The van der Waals surface area contributed by atoms with Gasteiger partial charge in [0.05, 0.1) is 0 Å². The van der Waals surface area contributed by atoms with Crippen molar-refractivity contribution in [1.29, 1.82) is 0 Å². The van der Waals surface area contributed by atoms with Gasteiger partial charge in [-0.15, -0.1) is 0 Å². The molecule has 0 aromatic rings. The zero-order chi connectivity index (χ0) is 26.5. The second-order valence-corrected chi connectivity index (χ2v) is 9.19. The molecule has 4 heteroatoms. The summed E-state index contributed by atoms with van der Waals surface area (Å²) in [6.45, 7) is 4.32. The average Bonchev–Trinajstić information content (AvgIpc) is 2.85. The normalized spacial score (nSPS) is 13.2. The average molecular weight is 501 g/mol. The number of esters is 1. The van der Waals surface area contributed by atoms with Crippen molar-refractivity contribution in [3.05, 3.63) is 60.8 Å². The second-order valence-electron chi connectivity index (χ2n) is 9.19. The molecule has 0 aromatic carbocycles. The van der Waals surface area contributed by atoms with Crippen molar-refractivity contribution < 1.29 is 19.4 Å². The molecule has 0 radical (unpaired) electrons. The third kappa shape index (κ3) is 26.2. The molecule has 4 nitrogen and oxygen atoms in total. The lowest BCUT2D eigenvalue weighted by atomic mass is 10.1. The summed E-state index contributed by atoms with van der Waals surface area (Å²) in [4.78, 5) is 22.9. The van der Waals surface area contributed by atoms with E-state index in [1.54, 1.807) is 0 Å². The summed E-state index contributed by atoms with van der Waals surface area (Å²) in [6.07, 6.45) is 36.8. The molecule has 204 valence electrons. The molecule has 0 heterocycles. The summed E-state index contributed by atoms with van der Waals surface area (Å²) < 4.78 is 5.74. The number of carbonyl (C=O) groups excluding carboxylic acids is 1. The monoisotopic (exact) mass is 500 g/mol. The van der Waals surface area contributed by atoms with Crippen LogP contribution in [0.1, 0.15) is 123 Å². The van der Waals surface area contributed by atoms with Crippen LogP contribution in [0.3, 0.4) is 0 Å². The third-order valence-corrected chi connectivity index (χ3v) is 5.71. The molecule has 0 fully saturated rings. The van der Waals surface area contributed by atoms with Gasteiger partial charge in [-0.2, -0.15) is 0 Å². The van der Waals surface area contributed by atoms with E-state index in [-0.39, 0.29) is 18.5 Å². The molecule has 0 aliphatic carbocycles. The Morgan fingerprint density at radius 3 is 1.89 bits per heavy atom. The van der Waals surface area contributed by atoms with Crippen LogP contribution in [-0.4, -0.2) is 23.1 Å². The van der Waals surface area contributed by atoms with E-state index in [0.717, 1.165) is 89.9 Å². The minimum absolute atomic E-state index is 0.115. The number of rotatable bonds is 24. The van der Waals surface area contributed by atoms with Crippen molar-refractivity contribution in [2.75, 3.05) is 0 Å². The van der Waals surface area contributed by atoms with Crippen LogP contribution in [0.5, 0.6) is 0 Å². The summed E-state index contributed by atoms with van der Waals surface area (Å²) in [7, 11) is 0. The van der Waals surface area contributed by atoms with Crippen LogP contribution in [0.2, 0.25) is 0 Å². The Balaban J connectivity index is 4.03. The Morgan fingerprint density at radius 2 is 1.25 bits per heavy atom. The highest BCUT2D eigenvalue weighted by atomic mass is 16.5. The lowest BCUT2D eigenvalue weighted by Crippen LogP contribution is -2.16. The van der Waals surface area contributed by atoms with Crippen LogP contribution in [0.25, 0.3) is 0 Å². The molecule has 0 bridgehead atoms. The second kappa shape index (κ2) is 27.2. The van der Waals surface area contributed by atoms with E-state index in [0.29, 0.717) is 12.8 Å². The Bertz CT molecular complexity index is 670. The number of hydrogen-bond acceptors (Lipinski definition) is 3. The van der Waals surface area contributed by atoms with Crippen LogP contribution in [0.15, 0.2) is 60.8 Å². The number of unbranched alkanes of at least 4 members (excludes halogenated alkanes) is 7. The quantitative estimate of drug-likeness (QED) is 0.0814. The lowest BCUT2D eigenvalue weighted by Gasteiger charge is -2.14. The van der Waals surface area contributed by atoms with E-state index < -0.39 is 5.97 Å². The van der Waals surface area contributed by atoms with E-state index >= 15 is 0 Å². The van der Waals surface area contributed by atoms with Gasteiger partial charge in [0.25, 0.3) is 0 Å². The number of hydrogen-bond donors (Lipinski definition) is 1. The van der Waals surface area contributed by atoms with Gasteiger partial charge in [0.2, 0.25) is 0 Å². The summed E-state index contributed by atoms with van der Waals surface area (Å²) in [5.41, 5.74) is 0. The Labute approximate surface area is 221 Å². The Hall–Kier alpha value is -2.36. The van der Waals surface area contributed by atoms with Gasteiger partial charge < -0.3 is 9.84 Å². The molecule has 36 heavy (non-hydrogen) atoms. The highest BCUT2D eigenvalue weighted by Crippen LogP contribution is 2.13. The Morgan fingerprint density at radius 1 is 0.667 bits per heavy atom. The number of ether oxygens (including phenoxy) is 1. The van der Waals surface area contributed by atoms with Gasteiger partial charge in [0.1, 0.15) is 6.10 Å². The first-order valence-electron chi connectivity index (χ1n) is 14.3. The standard InChI is InChI=1S/C32H52O4/c1-3-5-7-9-10-11-12-13-14-15-16-17-18-19-25-29-32(35)36-30(26-22-8-6-4-2)27-23-20-21-24-28-31(33)34/h5,7,10-11,13-14,16-17,22,26,30H,3-4,6,8-9,12,15,18-21,23-25,27-29H2,1-2H3,(H,33,34)/b7-5-,11-10-,14-13-,17-16-,26-22-. The molecule has 0 rings (SSSR count). The first kappa shape index (κ1) is 33.6. The first-order chi connectivity index (χ1) is 17.6. The molecule has 0 saturated heterocycles. The first-order valence-corrected chi connectivity index (χ1v) is 14.3. The van der Waals surface area contributed by atoms with Crippen molar-refractivity contribution >= 4 is 11.9 Å². The molecular weight excluding hydrogens is 448 g/mol. The summed E-state index contributed by atoms with van der Waals surface area (Å²) in [6, 6.07) is 0. The maximum Gasteiger partial charge on any atom is 0.306 e. The van der Waals surface area contributed by atoms with Gasteiger partial charge in [0.15, 0.2) is 0 Å². The van der Waals surface area contributed by atoms with E-state index in [1.807, 2.05) is 6.08 Å². The summed E-state index contributed by atoms with van der Waals surface area (Å²) >= 11 is 0. The summed E-state index contributed by atoms with van der Waals surface area (Å²) in [5.74, 6) is -0.848. The minimum Gasteiger partial charge on any atom is -0.481 e. The summed E-state index contributed by atoms with van der Waals surface area (Å²) in [5, 5.41) is 8.73. The van der Waals surface area contributed by atoms with Gasteiger partial charge in [-0.25, -0.2) is 0 Å². The fourth-order valence-electron chi connectivity index (χ4n) is 3.60. The number of carboxylic acid groups (broad SMARTS) is 1. The molecule has 1 N–H and O–H groups in total. The third-order valence-electron chi connectivity index (χ3n) is 5.71. The van der Waals surface area contributed by atoms with Crippen LogP contribution < -0.4 is 0 Å². The predicted octanol–water partition coefficient (Wildman–Crippen LogP) is 9.44. The van der Waals surface area contributed by atoms with E-state index in [1.165, 1.54) is 0 Å². The lowest BCUT2D eigenvalue weighted by molar-refractivity contribution is -0.147. The van der Waals surface area contributed by atoms with Gasteiger partial charge in [-0.05, 0) is 76.7 Å². The van der Waals surface area contributed by atoms with Gasteiger partial charge in [0, 0.05) is 12.8 Å². The molecular formula is C32H52O4. The van der Waals surface area contributed by atoms with Crippen LogP contribution in [0, 0.1) is 0 Å². The van der Waals surface area contributed by atoms with E-state index in [9.17, 15) is 9.59 Å². The molecule has 1 atom stereocenters. The molecule has 1 unspecified atom stereocenters. The highest BCUT2D eigenvalue weighted by molar-refractivity contribution is 5.69. The molecule has 0 aliphatic rings. The number of carbonyl (C=O) groups is 2. The van der Waals surface area contributed by atoms with E-state index in [2.05, 4.69) is 68.5 Å².